The van der Waals surface area contributed by atoms with Gasteiger partial charge in [0.15, 0.2) is 6.23 Å². The lowest BCUT2D eigenvalue weighted by Crippen LogP contribution is -2.43. The van der Waals surface area contributed by atoms with Crippen LogP contribution < -0.4 is 16.8 Å². The van der Waals surface area contributed by atoms with E-state index in [2.05, 4.69) is 5.32 Å². The summed E-state index contributed by atoms with van der Waals surface area (Å²) < 4.78 is 5.49. The van der Waals surface area contributed by atoms with Gasteiger partial charge in [-0.05, 0) is 35.7 Å². The molecule has 1 unspecified atom stereocenters. The van der Waals surface area contributed by atoms with Crippen molar-refractivity contribution >= 4 is 29.3 Å². The van der Waals surface area contributed by atoms with Gasteiger partial charge in [0.1, 0.15) is 0 Å². The molecule has 4 N–H and O–H groups in total. The molecule has 1 atom stereocenters. The topological polar surface area (TPSA) is 108 Å². The van der Waals surface area contributed by atoms with Gasteiger partial charge in [-0.25, -0.2) is 4.79 Å². The number of ether oxygens (including phenoxy) is 1. The van der Waals surface area contributed by atoms with Crippen molar-refractivity contribution in [3.05, 3.63) is 64.7 Å². The van der Waals surface area contributed by atoms with E-state index in [1.807, 2.05) is 37.3 Å². The van der Waals surface area contributed by atoms with Crippen LogP contribution in [0.3, 0.4) is 0 Å². The lowest BCUT2D eigenvalue weighted by atomic mass is 10.1. The Labute approximate surface area is 176 Å². The van der Waals surface area contributed by atoms with Gasteiger partial charge in [-0.3, -0.25) is 20.7 Å². The van der Waals surface area contributed by atoms with E-state index in [0.29, 0.717) is 23.8 Å². The fraction of sp³-hybridized carbons (Fsp3) is 0.333. The number of anilines is 1. The minimum absolute atomic E-state index is 0.271. The number of carbonyl (C=O) groups is 2. The standard InChI is InChI=1S/C21H26ClN4O3/c1-2-15-7-9-17(10-8-15)25-21(28)29-20(13-19(24)27)26(12-11-23)14-16-5-3-4-6-18(16)22/h3-10,20,24H,2,11-14,23H2,1H3,(H,25,28). The molecule has 7 nitrogen and oxygen atoms in total. The van der Waals surface area contributed by atoms with Crippen LogP contribution in [0.5, 0.6) is 0 Å². The molecule has 0 spiro atoms. The van der Waals surface area contributed by atoms with E-state index in [9.17, 15) is 9.59 Å². The number of nitrogens with one attached hydrogen (secondary N) is 2. The average Bonchev–Trinajstić information content (AvgIpc) is 2.69. The van der Waals surface area contributed by atoms with Crippen LogP contribution in [0.1, 0.15) is 24.5 Å². The molecule has 2 aromatic carbocycles. The Morgan fingerprint density at radius 2 is 1.90 bits per heavy atom. The predicted molar refractivity (Wildman–Crippen MR) is 113 cm³/mol. The van der Waals surface area contributed by atoms with Crippen molar-refractivity contribution in [3.8, 4) is 0 Å². The molecule has 2 rings (SSSR count). The lowest BCUT2D eigenvalue weighted by Gasteiger charge is -2.30. The monoisotopic (exact) mass is 417 g/mol. The lowest BCUT2D eigenvalue weighted by molar-refractivity contribution is -0.123. The average molecular weight is 418 g/mol. The third-order valence-electron chi connectivity index (χ3n) is 4.37. The summed E-state index contributed by atoms with van der Waals surface area (Å²) in [4.78, 5) is 25.6. The predicted octanol–water partition coefficient (Wildman–Crippen LogP) is 3.44. The van der Waals surface area contributed by atoms with E-state index in [4.69, 9.17) is 27.8 Å². The molecule has 0 saturated heterocycles. The highest BCUT2D eigenvalue weighted by atomic mass is 35.5. The number of aryl methyl sites for hydroxylation is 1. The van der Waals surface area contributed by atoms with Crippen LogP contribution in [-0.2, 0) is 22.5 Å². The summed E-state index contributed by atoms with van der Waals surface area (Å²) in [6, 6.07) is 14.7. The second-order valence-corrected chi connectivity index (χ2v) is 6.92. The van der Waals surface area contributed by atoms with Crippen molar-refractivity contribution in [2.45, 2.75) is 32.5 Å². The molecular weight excluding hydrogens is 392 g/mol. The summed E-state index contributed by atoms with van der Waals surface area (Å²) >= 11 is 6.23. The fourth-order valence-corrected chi connectivity index (χ4v) is 3.03. The zero-order chi connectivity index (χ0) is 21.2. The van der Waals surface area contributed by atoms with Crippen molar-refractivity contribution in [2.24, 2.45) is 5.73 Å². The number of hydrogen-bond donors (Lipinski definition) is 2. The molecular formula is C21H26ClN4O3. The molecule has 0 heterocycles. The molecule has 2 amide bonds. The van der Waals surface area contributed by atoms with Gasteiger partial charge in [-0.1, -0.05) is 48.9 Å². The van der Waals surface area contributed by atoms with Crippen LogP contribution in [0.2, 0.25) is 5.02 Å². The number of hydrogen-bond acceptors (Lipinski definition) is 5. The van der Waals surface area contributed by atoms with Gasteiger partial charge in [-0.2, -0.15) is 0 Å². The first-order chi connectivity index (χ1) is 13.9. The molecule has 0 aromatic heterocycles. The number of halogens is 1. The third-order valence-corrected chi connectivity index (χ3v) is 4.74. The highest BCUT2D eigenvalue weighted by Crippen LogP contribution is 2.20. The zero-order valence-corrected chi connectivity index (χ0v) is 17.1. The number of amides is 2. The molecule has 0 fully saturated rings. The van der Waals surface area contributed by atoms with Crippen molar-refractivity contribution in [3.63, 3.8) is 0 Å². The molecule has 1 radical (unpaired) electrons. The van der Waals surface area contributed by atoms with Crippen LogP contribution in [0, 0.1) is 0 Å². The molecule has 29 heavy (non-hydrogen) atoms. The van der Waals surface area contributed by atoms with Gasteiger partial charge in [0.2, 0.25) is 5.91 Å². The highest BCUT2D eigenvalue weighted by Gasteiger charge is 2.25. The summed E-state index contributed by atoms with van der Waals surface area (Å²) in [6.45, 7) is 3.02. The maximum Gasteiger partial charge on any atom is 0.413 e. The smallest absolute Gasteiger partial charge is 0.413 e. The Bertz CT molecular complexity index is 814. The molecule has 8 heteroatoms. The van der Waals surface area contributed by atoms with Crippen molar-refractivity contribution < 1.29 is 14.3 Å². The molecule has 0 saturated carbocycles. The van der Waals surface area contributed by atoms with E-state index in [-0.39, 0.29) is 13.0 Å². The highest BCUT2D eigenvalue weighted by molar-refractivity contribution is 6.31. The number of nitrogens with zero attached hydrogens (tertiary/aromatic N) is 1. The number of benzene rings is 2. The van der Waals surface area contributed by atoms with Gasteiger partial charge in [0.05, 0.1) is 6.42 Å². The SMILES string of the molecule is CCc1ccc(NC(=O)OC(CC([NH])=O)N(CCN)Cc2ccccc2Cl)cc1. The Kier molecular flexibility index (Phi) is 8.92. The van der Waals surface area contributed by atoms with E-state index < -0.39 is 18.2 Å². The minimum Gasteiger partial charge on any atom is -0.429 e. The second kappa shape index (κ2) is 11.4. The fourth-order valence-electron chi connectivity index (χ4n) is 2.83. The Morgan fingerprint density at radius 1 is 1.21 bits per heavy atom. The minimum atomic E-state index is -0.935. The Hall–Kier alpha value is -2.61. The molecule has 155 valence electrons. The zero-order valence-electron chi connectivity index (χ0n) is 16.4. The van der Waals surface area contributed by atoms with Gasteiger partial charge in [-0.15, -0.1) is 0 Å². The van der Waals surface area contributed by atoms with Gasteiger partial charge in [0, 0.05) is 30.3 Å². The first-order valence-corrected chi connectivity index (χ1v) is 9.79. The molecule has 0 aliphatic rings. The second-order valence-electron chi connectivity index (χ2n) is 6.51. The Balaban J connectivity index is 2.12. The summed E-state index contributed by atoms with van der Waals surface area (Å²) in [5.41, 5.74) is 15.6. The van der Waals surface area contributed by atoms with E-state index >= 15 is 0 Å². The van der Waals surface area contributed by atoms with E-state index in [1.165, 1.54) is 0 Å². The number of carbonyl (C=O) groups excluding carboxylic acids is 2. The van der Waals surface area contributed by atoms with Crippen LogP contribution in [-0.4, -0.2) is 36.2 Å². The van der Waals surface area contributed by atoms with Crippen LogP contribution in [0.25, 0.3) is 0 Å². The van der Waals surface area contributed by atoms with Crippen molar-refractivity contribution in [1.29, 1.82) is 0 Å². The van der Waals surface area contributed by atoms with Gasteiger partial charge >= 0.3 is 6.09 Å². The van der Waals surface area contributed by atoms with Gasteiger partial charge in [0.25, 0.3) is 0 Å². The summed E-state index contributed by atoms with van der Waals surface area (Å²) in [5.74, 6) is -0.837. The summed E-state index contributed by atoms with van der Waals surface area (Å²) in [6.07, 6.45) is -1.02. The Morgan fingerprint density at radius 3 is 2.48 bits per heavy atom. The van der Waals surface area contributed by atoms with Crippen LogP contribution >= 0.6 is 11.6 Å². The van der Waals surface area contributed by atoms with Crippen LogP contribution in [0.4, 0.5) is 10.5 Å². The number of rotatable bonds is 10. The van der Waals surface area contributed by atoms with Crippen molar-refractivity contribution in [2.75, 3.05) is 18.4 Å². The molecule has 0 aliphatic heterocycles. The largest absolute Gasteiger partial charge is 0.429 e. The molecule has 2 aromatic rings. The third kappa shape index (κ3) is 7.38. The quantitative estimate of drug-likeness (QED) is 0.575. The molecule has 0 bridgehead atoms. The van der Waals surface area contributed by atoms with E-state index in [1.54, 1.807) is 23.1 Å². The van der Waals surface area contributed by atoms with E-state index in [0.717, 1.165) is 17.5 Å². The summed E-state index contributed by atoms with van der Waals surface area (Å²) in [5, 5.41) is 3.21. The first-order valence-electron chi connectivity index (χ1n) is 9.41. The van der Waals surface area contributed by atoms with Crippen molar-refractivity contribution in [1.82, 2.24) is 10.6 Å². The molecule has 0 aliphatic carbocycles. The first kappa shape index (κ1) is 22.7. The maximum atomic E-state index is 12.4. The number of nitrogens with two attached hydrogens (primary N) is 1. The summed E-state index contributed by atoms with van der Waals surface area (Å²) in [7, 11) is 0. The van der Waals surface area contributed by atoms with Crippen LogP contribution in [0.15, 0.2) is 48.5 Å². The normalized spacial score (nSPS) is 11.9. The van der Waals surface area contributed by atoms with Gasteiger partial charge < -0.3 is 10.5 Å². The maximum absolute atomic E-state index is 12.4.